The van der Waals surface area contributed by atoms with Gasteiger partial charge in [0.25, 0.3) is 0 Å². The summed E-state index contributed by atoms with van der Waals surface area (Å²) in [5.41, 5.74) is 8.28. The first-order valence-electron chi connectivity index (χ1n) is 5.84. The lowest BCUT2D eigenvalue weighted by atomic mass is 10.0. The SMILES string of the molecule is CC1(Nc2cc3[nH]c(=O)oc3cc2N)CCOC1. The zero-order chi connectivity index (χ0) is 12.8. The van der Waals surface area contributed by atoms with Gasteiger partial charge < -0.3 is 20.2 Å². The van der Waals surface area contributed by atoms with Crippen LogP contribution < -0.4 is 16.8 Å². The van der Waals surface area contributed by atoms with Gasteiger partial charge in [-0.15, -0.1) is 0 Å². The van der Waals surface area contributed by atoms with E-state index in [1.165, 1.54) is 0 Å². The number of anilines is 2. The zero-order valence-electron chi connectivity index (χ0n) is 10.1. The molecular formula is C12H15N3O3. The Kier molecular flexibility index (Phi) is 2.34. The molecule has 3 rings (SSSR count). The molecule has 2 aromatic rings. The highest BCUT2D eigenvalue weighted by atomic mass is 16.5. The van der Waals surface area contributed by atoms with Crippen LogP contribution in [0.4, 0.5) is 11.4 Å². The molecule has 1 aliphatic rings. The predicted octanol–water partition coefficient (Wildman–Crippen LogP) is 1.29. The Morgan fingerprint density at radius 3 is 3.06 bits per heavy atom. The molecule has 1 aliphatic heterocycles. The second-order valence-corrected chi connectivity index (χ2v) is 4.94. The van der Waals surface area contributed by atoms with Gasteiger partial charge in [0.2, 0.25) is 0 Å². The number of fused-ring (bicyclic) bond motifs is 1. The molecule has 1 aromatic carbocycles. The summed E-state index contributed by atoms with van der Waals surface area (Å²) in [6.07, 6.45) is 0.923. The first kappa shape index (κ1) is 11.2. The minimum absolute atomic E-state index is 0.119. The summed E-state index contributed by atoms with van der Waals surface area (Å²) in [6.45, 7) is 3.47. The Bertz CT molecular complexity index is 638. The number of nitrogens with one attached hydrogen (secondary N) is 2. The van der Waals surface area contributed by atoms with Gasteiger partial charge in [0.1, 0.15) is 0 Å². The van der Waals surface area contributed by atoms with Gasteiger partial charge >= 0.3 is 5.76 Å². The summed E-state index contributed by atoms with van der Waals surface area (Å²) in [4.78, 5) is 13.7. The zero-order valence-corrected chi connectivity index (χ0v) is 10.1. The van der Waals surface area contributed by atoms with Gasteiger partial charge in [-0.25, -0.2) is 4.79 Å². The number of ether oxygens (including phenoxy) is 1. The topological polar surface area (TPSA) is 93.3 Å². The number of hydrogen-bond acceptors (Lipinski definition) is 5. The lowest BCUT2D eigenvalue weighted by molar-refractivity contribution is 0.185. The fraction of sp³-hybridized carbons (Fsp3) is 0.417. The summed E-state index contributed by atoms with van der Waals surface area (Å²) in [6, 6.07) is 3.44. The third-order valence-corrected chi connectivity index (χ3v) is 3.25. The fourth-order valence-electron chi connectivity index (χ4n) is 2.21. The van der Waals surface area contributed by atoms with E-state index in [4.69, 9.17) is 14.9 Å². The van der Waals surface area contributed by atoms with Crippen molar-refractivity contribution in [3.8, 4) is 0 Å². The van der Waals surface area contributed by atoms with Crippen LogP contribution in [-0.2, 0) is 4.74 Å². The van der Waals surface area contributed by atoms with E-state index in [0.717, 1.165) is 18.7 Å². The smallest absolute Gasteiger partial charge is 0.408 e. The van der Waals surface area contributed by atoms with Crippen molar-refractivity contribution in [1.29, 1.82) is 0 Å². The monoisotopic (exact) mass is 249 g/mol. The third-order valence-electron chi connectivity index (χ3n) is 3.25. The molecule has 0 saturated carbocycles. The molecule has 1 aromatic heterocycles. The van der Waals surface area contributed by atoms with Crippen LogP contribution in [-0.4, -0.2) is 23.7 Å². The van der Waals surface area contributed by atoms with Crippen LogP contribution in [0, 0.1) is 0 Å². The number of aromatic amines is 1. The molecule has 6 nitrogen and oxygen atoms in total. The van der Waals surface area contributed by atoms with Crippen LogP contribution in [0.5, 0.6) is 0 Å². The molecule has 1 saturated heterocycles. The van der Waals surface area contributed by atoms with Crippen molar-refractivity contribution in [2.75, 3.05) is 24.3 Å². The van der Waals surface area contributed by atoms with Crippen molar-refractivity contribution in [1.82, 2.24) is 4.98 Å². The van der Waals surface area contributed by atoms with E-state index in [-0.39, 0.29) is 5.54 Å². The Labute approximate surface area is 103 Å². The van der Waals surface area contributed by atoms with Gasteiger partial charge in [0.05, 0.1) is 29.0 Å². The van der Waals surface area contributed by atoms with E-state index >= 15 is 0 Å². The summed E-state index contributed by atoms with van der Waals surface area (Å²) >= 11 is 0. The maximum Gasteiger partial charge on any atom is 0.417 e. The van der Waals surface area contributed by atoms with Crippen LogP contribution in [0.15, 0.2) is 21.3 Å². The van der Waals surface area contributed by atoms with Crippen LogP contribution in [0.25, 0.3) is 11.1 Å². The lowest BCUT2D eigenvalue weighted by Crippen LogP contribution is -2.35. The van der Waals surface area contributed by atoms with Gasteiger partial charge in [-0.3, -0.25) is 4.98 Å². The first-order chi connectivity index (χ1) is 8.56. The van der Waals surface area contributed by atoms with E-state index in [9.17, 15) is 4.79 Å². The fourth-order valence-corrected chi connectivity index (χ4v) is 2.21. The summed E-state index contributed by atoms with van der Waals surface area (Å²) < 4.78 is 10.3. The largest absolute Gasteiger partial charge is 0.417 e. The number of oxazole rings is 1. The molecule has 0 radical (unpaired) electrons. The molecule has 1 atom stereocenters. The molecule has 0 bridgehead atoms. The Hall–Kier alpha value is -1.95. The molecule has 4 N–H and O–H groups in total. The number of H-pyrrole nitrogens is 1. The summed E-state index contributed by atoms with van der Waals surface area (Å²) in [7, 11) is 0. The first-order valence-corrected chi connectivity index (χ1v) is 5.84. The van der Waals surface area contributed by atoms with Crippen molar-refractivity contribution >= 4 is 22.5 Å². The average Bonchev–Trinajstić information content (AvgIpc) is 2.85. The average molecular weight is 249 g/mol. The molecule has 1 fully saturated rings. The summed E-state index contributed by atoms with van der Waals surface area (Å²) in [5, 5.41) is 3.37. The quantitative estimate of drug-likeness (QED) is 0.697. The van der Waals surface area contributed by atoms with Crippen LogP contribution in [0.1, 0.15) is 13.3 Å². The van der Waals surface area contributed by atoms with Gasteiger partial charge in [0, 0.05) is 12.7 Å². The minimum atomic E-state index is -0.475. The van der Waals surface area contributed by atoms with Crippen LogP contribution >= 0.6 is 0 Å². The van der Waals surface area contributed by atoms with Crippen molar-refractivity contribution in [2.45, 2.75) is 18.9 Å². The van der Waals surface area contributed by atoms with E-state index < -0.39 is 5.76 Å². The minimum Gasteiger partial charge on any atom is -0.408 e. The molecule has 0 aliphatic carbocycles. The Morgan fingerprint density at radius 1 is 1.50 bits per heavy atom. The van der Waals surface area contributed by atoms with Crippen molar-refractivity contribution in [3.05, 3.63) is 22.7 Å². The van der Waals surface area contributed by atoms with E-state index in [0.29, 0.717) is 23.4 Å². The van der Waals surface area contributed by atoms with Crippen LogP contribution in [0.2, 0.25) is 0 Å². The second-order valence-electron chi connectivity index (χ2n) is 4.94. The molecule has 6 heteroatoms. The number of aromatic nitrogens is 1. The molecule has 0 spiro atoms. The standard InChI is InChI=1S/C12H15N3O3/c1-12(2-3-17-6-12)15-8-5-9-10(4-7(8)13)18-11(16)14-9/h4-5,15H,2-3,6,13H2,1H3,(H,14,16). The molecule has 96 valence electrons. The van der Waals surface area contributed by atoms with Gasteiger partial charge in [-0.05, 0) is 19.4 Å². The lowest BCUT2D eigenvalue weighted by Gasteiger charge is -2.25. The molecule has 0 amide bonds. The number of benzene rings is 1. The molecule has 2 heterocycles. The summed E-state index contributed by atoms with van der Waals surface area (Å²) in [5.74, 6) is -0.475. The normalized spacial score (nSPS) is 23.6. The van der Waals surface area contributed by atoms with Crippen molar-refractivity contribution in [3.63, 3.8) is 0 Å². The molecule has 1 unspecified atom stereocenters. The predicted molar refractivity (Wildman–Crippen MR) is 68.7 cm³/mol. The maximum atomic E-state index is 11.1. The number of nitrogen functional groups attached to an aromatic ring is 1. The van der Waals surface area contributed by atoms with Gasteiger partial charge in [-0.1, -0.05) is 0 Å². The van der Waals surface area contributed by atoms with Crippen LogP contribution in [0.3, 0.4) is 0 Å². The van der Waals surface area contributed by atoms with E-state index in [1.54, 1.807) is 12.1 Å². The second kappa shape index (κ2) is 3.78. The highest BCUT2D eigenvalue weighted by molar-refractivity contribution is 5.85. The third kappa shape index (κ3) is 1.84. The molecular weight excluding hydrogens is 234 g/mol. The number of rotatable bonds is 2. The highest BCUT2D eigenvalue weighted by Crippen LogP contribution is 2.30. The van der Waals surface area contributed by atoms with Crippen molar-refractivity contribution < 1.29 is 9.15 Å². The maximum absolute atomic E-state index is 11.1. The molecule has 18 heavy (non-hydrogen) atoms. The number of hydrogen-bond donors (Lipinski definition) is 3. The van der Waals surface area contributed by atoms with E-state index in [2.05, 4.69) is 17.2 Å². The van der Waals surface area contributed by atoms with Gasteiger partial charge in [-0.2, -0.15) is 0 Å². The van der Waals surface area contributed by atoms with Gasteiger partial charge in [0.15, 0.2) is 5.58 Å². The Morgan fingerprint density at radius 2 is 2.33 bits per heavy atom. The van der Waals surface area contributed by atoms with E-state index in [1.807, 2.05) is 0 Å². The number of nitrogens with two attached hydrogens (primary N) is 1. The Balaban J connectivity index is 2.00. The van der Waals surface area contributed by atoms with Crippen molar-refractivity contribution in [2.24, 2.45) is 0 Å². The highest BCUT2D eigenvalue weighted by Gasteiger charge is 2.30.